The lowest BCUT2D eigenvalue weighted by Crippen LogP contribution is -2.44. The number of carbonyl (C=O) groups is 2. The Hall–Kier alpha value is -2.14. The first-order chi connectivity index (χ1) is 11.5. The molecule has 0 bridgehead atoms. The zero-order valence-corrected chi connectivity index (χ0v) is 14.7. The lowest BCUT2D eigenvalue weighted by molar-refractivity contribution is -0.119. The lowest BCUT2D eigenvalue weighted by atomic mass is 10.1. The summed E-state index contributed by atoms with van der Waals surface area (Å²) in [5.74, 6) is 0.491. The number of benzene rings is 1. The third-order valence-corrected chi connectivity index (χ3v) is 3.85. The van der Waals surface area contributed by atoms with Crippen LogP contribution in [0.5, 0.6) is 0 Å². The number of halogens is 1. The SMILES string of the molecule is CC(C)CN(C(=O)Cc1ccccc1)n1cc(CCl)c(CC=O)n1. The molecule has 2 aromatic rings. The molecule has 0 spiro atoms. The van der Waals surface area contributed by atoms with E-state index in [4.69, 9.17) is 11.6 Å². The Morgan fingerprint density at radius 2 is 2.04 bits per heavy atom. The van der Waals surface area contributed by atoms with E-state index in [9.17, 15) is 9.59 Å². The van der Waals surface area contributed by atoms with Crippen molar-refractivity contribution in [3.63, 3.8) is 0 Å². The van der Waals surface area contributed by atoms with Crippen LogP contribution < -0.4 is 5.01 Å². The van der Waals surface area contributed by atoms with E-state index in [1.54, 1.807) is 11.2 Å². The van der Waals surface area contributed by atoms with Crippen molar-refractivity contribution >= 4 is 23.8 Å². The Morgan fingerprint density at radius 3 is 2.62 bits per heavy atom. The van der Waals surface area contributed by atoms with Crippen LogP contribution in [0.15, 0.2) is 36.5 Å². The molecule has 0 aliphatic heterocycles. The summed E-state index contributed by atoms with van der Waals surface area (Å²) in [5.41, 5.74) is 2.33. The number of amides is 1. The molecule has 24 heavy (non-hydrogen) atoms. The molecule has 0 radical (unpaired) electrons. The smallest absolute Gasteiger partial charge is 0.247 e. The maximum absolute atomic E-state index is 12.8. The summed E-state index contributed by atoms with van der Waals surface area (Å²) in [4.78, 5) is 25.1. The predicted octanol–water partition coefficient (Wildman–Crippen LogP) is 2.73. The van der Waals surface area contributed by atoms with Gasteiger partial charge in [-0.15, -0.1) is 11.6 Å². The Morgan fingerprint density at radius 1 is 1.33 bits per heavy atom. The number of nitrogens with zero attached hydrogens (tertiary/aromatic N) is 3. The van der Waals surface area contributed by atoms with Crippen molar-refractivity contribution in [2.45, 2.75) is 32.6 Å². The van der Waals surface area contributed by atoms with E-state index in [0.29, 0.717) is 18.7 Å². The highest BCUT2D eigenvalue weighted by atomic mass is 35.5. The standard InChI is InChI=1S/C18H22ClN3O2/c1-14(2)12-21(18(24)10-15-6-4-3-5-7-15)22-13-16(11-19)17(20-22)8-9-23/h3-7,9,13-14H,8,10-12H2,1-2H3. The predicted molar refractivity (Wildman–Crippen MR) is 94.6 cm³/mol. The minimum absolute atomic E-state index is 0.0452. The van der Waals surface area contributed by atoms with Gasteiger partial charge >= 0.3 is 0 Å². The summed E-state index contributed by atoms with van der Waals surface area (Å²) in [6, 6.07) is 9.60. The average molecular weight is 348 g/mol. The van der Waals surface area contributed by atoms with Crippen molar-refractivity contribution in [1.82, 2.24) is 9.89 Å². The third kappa shape index (κ3) is 4.68. The molecule has 0 N–H and O–H groups in total. The average Bonchev–Trinajstić information content (AvgIpc) is 2.96. The van der Waals surface area contributed by atoms with Gasteiger partial charge in [-0.2, -0.15) is 9.89 Å². The normalized spacial score (nSPS) is 10.8. The summed E-state index contributed by atoms with van der Waals surface area (Å²) in [5, 5.41) is 6.01. The van der Waals surface area contributed by atoms with E-state index in [1.165, 1.54) is 4.79 Å². The number of hydrogen-bond acceptors (Lipinski definition) is 3. The van der Waals surface area contributed by atoms with E-state index >= 15 is 0 Å². The minimum Gasteiger partial charge on any atom is -0.303 e. The van der Waals surface area contributed by atoms with E-state index in [1.807, 2.05) is 44.2 Å². The Kier molecular flexibility index (Phi) is 6.55. The van der Waals surface area contributed by atoms with Crippen LogP contribution in [0.4, 0.5) is 0 Å². The van der Waals surface area contributed by atoms with Crippen molar-refractivity contribution in [1.29, 1.82) is 0 Å². The second kappa shape index (κ2) is 8.64. The van der Waals surface area contributed by atoms with Crippen LogP contribution in [0.3, 0.4) is 0 Å². The lowest BCUT2D eigenvalue weighted by Gasteiger charge is -2.24. The van der Waals surface area contributed by atoms with Crippen molar-refractivity contribution in [3.05, 3.63) is 53.3 Å². The van der Waals surface area contributed by atoms with Crippen LogP contribution in [0.2, 0.25) is 0 Å². The summed E-state index contributed by atoms with van der Waals surface area (Å²) in [7, 11) is 0. The van der Waals surface area contributed by atoms with Crippen LogP contribution in [0.1, 0.15) is 30.7 Å². The first-order valence-electron chi connectivity index (χ1n) is 7.96. The van der Waals surface area contributed by atoms with Crippen LogP contribution in [-0.4, -0.2) is 28.6 Å². The van der Waals surface area contributed by atoms with Crippen LogP contribution >= 0.6 is 11.6 Å². The second-order valence-electron chi connectivity index (χ2n) is 6.06. The van der Waals surface area contributed by atoms with Gasteiger partial charge in [-0.3, -0.25) is 4.79 Å². The van der Waals surface area contributed by atoms with Gasteiger partial charge in [0.1, 0.15) is 6.29 Å². The molecule has 1 aromatic heterocycles. The highest BCUT2D eigenvalue weighted by Crippen LogP contribution is 2.13. The third-order valence-electron chi connectivity index (χ3n) is 3.56. The quantitative estimate of drug-likeness (QED) is 0.545. The van der Waals surface area contributed by atoms with Crippen molar-refractivity contribution in [3.8, 4) is 0 Å². The van der Waals surface area contributed by atoms with Crippen LogP contribution in [0.25, 0.3) is 0 Å². The fraction of sp³-hybridized carbons (Fsp3) is 0.389. The number of hydrogen-bond donors (Lipinski definition) is 0. The van der Waals surface area contributed by atoms with Gasteiger partial charge in [0.15, 0.2) is 0 Å². The molecule has 0 saturated heterocycles. The molecule has 0 aliphatic carbocycles. The molecule has 0 atom stereocenters. The maximum Gasteiger partial charge on any atom is 0.247 e. The largest absolute Gasteiger partial charge is 0.303 e. The number of aldehydes is 1. The monoisotopic (exact) mass is 347 g/mol. The molecule has 0 unspecified atom stereocenters. The second-order valence-corrected chi connectivity index (χ2v) is 6.33. The number of carbonyl (C=O) groups excluding carboxylic acids is 2. The van der Waals surface area contributed by atoms with Crippen molar-refractivity contribution < 1.29 is 9.59 Å². The zero-order chi connectivity index (χ0) is 17.5. The Labute approximate surface area is 147 Å². The molecule has 5 nitrogen and oxygen atoms in total. The maximum atomic E-state index is 12.8. The highest BCUT2D eigenvalue weighted by Gasteiger charge is 2.20. The molecule has 1 aromatic carbocycles. The molecule has 0 fully saturated rings. The summed E-state index contributed by atoms with van der Waals surface area (Å²) in [6.07, 6.45) is 3.02. The Balaban J connectivity index is 2.27. The summed E-state index contributed by atoms with van der Waals surface area (Å²) in [6.45, 7) is 4.62. The molecule has 0 aliphatic rings. The molecular formula is C18H22ClN3O2. The van der Waals surface area contributed by atoms with E-state index in [2.05, 4.69) is 5.10 Å². The Bertz CT molecular complexity index is 683. The van der Waals surface area contributed by atoms with Gasteiger partial charge in [-0.1, -0.05) is 44.2 Å². The van der Waals surface area contributed by atoms with Crippen LogP contribution in [-0.2, 0) is 28.3 Å². The topological polar surface area (TPSA) is 55.2 Å². The zero-order valence-electron chi connectivity index (χ0n) is 14.0. The van der Waals surface area contributed by atoms with Gasteiger partial charge in [0.05, 0.1) is 24.2 Å². The molecule has 6 heteroatoms. The van der Waals surface area contributed by atoms with Crippen LogP contribution in [0, 0.1) is 5.92 Å². The molecule has 1 heterocycles. The minimum atomic E-state index is -0.0452. The molecular weight excluding hydrogens is 326 g/mol. The number of alkyl halides is 1. The first-order valence-corrected chi connectivity index (χ1v) is 8.50. The number of aromatic nitrogens is 2. The van der Waals surface area contributed by atoms with Crippen molar-refractivity contribution in [2.75, 3.05) is 11.6 Å². The molecule has 128 valence electrons. The highest BCUT2D eigenvalue weighted by molar-refractivity contribution is 6.17. The van der Waals surface area contributed by atoms with Gasteiger partial charge in [0.25, 0.3) is 0 Å². The van der Waals surface area contributed by atoms with Crippen molar-refractivity contribution in [2.24, 2.45) is 5.92 Å². The molecule has 2 rings (SSSR count). The number of rotatable bonds is 8. The van der Waals surface area contributed by atoms with Gasteiger partial charge < -0.3 is 4.79 Å². The summed E-state index contributed by atoms with van der Waals surface area (Å²) < 4.78 is 0. The first kappa shape index (κ1) is 18.2. The van der Waals surface area contributed by atoms with Gasteiger partial charge in [0.2, 0.25) is 5.91 Å². The summed E-state index contributed by atoms with van der Waals surface area (Å²) >= 11 is 5.93. The van der Waals surface area contributed by atoms with Gasteiger partial charge in [-0.25, -0.2) is 5.01 Å². The fourth-order valence-corrected chi connectivity index (χ4v) is 2.65. The van der Waals surface area contributed by atoms with Gasteiger partial charge in [-0.05, 0) is 11.5 Å². The molecule has 0 saturated carbocycles. The fourth-order valence-electron chi connectivity index (χ4n) is 2.42. The van der Waals surface area contributed by atoms with E-state index in [0.717, 1.165) is 17.4 Å². The molecule has 1 amide bonds. The van der Waals surface area contributed by atoms with E-state index < -0.39 is 0 Å². The van der Waals surface area contributed by atoms with Gasteiger partial charge in [0, 0.05) is 18.5 Å². The van der Waals surface area contributed by atoms with E-state index in [-0.39, 0.29) is 24.1 Å².